The van der Waals surface area contributed by atoms with Gasteiger partial charge in [-0.05, 0) is 50.2 Å². The molecule has 1 saturated heterocycles. The summed E-state index contributed by atoms with van der Waals surface area (Å²) in [5.41, 5.74) is 6.21. The average molecular weight is 358 g/mol. The number of thiocarbonyl (C=S) groups is 1. The standard InChI is InChI=1S/C19H27N5S/c1-14-6-5-7-18(15(14)2)21-19(25)24-10-8-23(9-11-24)13-17-12-20-22(4)16(17)3/h5-7,12H,8-11,13H2,1-4H3,(H,21,25). The van der Waals surface area contributed by atoms with E-state index in [1.807, 2.05) is 17.9 Å². The molecule has 134 valence electrons. The third-order valence-electron chi connectivity index (χ3n) is 5.24. The van der Waals surface area contributed by atoms with Gasteiger partial charge in [-0.1, -0.05) is 12.1 Å². The van der Waals surface area contributed by atoms with Crippen LogP contribution in [-0.2, 0) is 13.6 Å². The zero-order chi connectivity index (χ0) is 18.0. The van der Waals surface area contributed by atoms with E-state index in [1.165, 1.54) is 22.4 Å². The van der Waals surface area contributed by atoms with Crippen LogP contribution in [0.15, 0.2) is 24.4 Å². The van der Waals surface area contributed by atoms with Gasteiger partial charge in [0.15, 0.2) is 5.11 Å². The fourth-order valence-electron chi connectivity index (χ4n) is 3.13. The first kappa shape index (κ1) is 17.9. The van der Waals surface area contributed by atoms with E-state index in [9.17, 15) is 0 Å². The minimum atomic E-state index is 0.825. The van der Waals surface area contributed by atoms with Gasteiger partial charge >= 0.3 is 0 Å². The summed E-state index contributed by atoms with van der Waals surface area (Å²) in [6.07, 6.45) is 1.98. The van der Waals surface area contributed by atoms with Crippen LogP contribution in [0, 0.1) is 20.8 Å². The Labute approximate surface area is 155 Å². The first-order valence-corrected chi connectivity index (χ1v) is 9.18. The molecular weight excluding hydrogens is 330 g/mol. The van der Waals surface area contributed by atoms with Crippen LogP contribution in [0.25, 0.3) is 0 Å². The first-order valence-electron chi connectivity index (χ1n) is 8.77. The van der Waals surface area contributed by atoms with Gasteiger partial charge in [-0.15, -0.1) is 0 Å². The Kier molecular flexibility index (Phi) is 5.39. The molecule has 0 atom stereocenters. The molecule has 1 aromatic carbocycles. The highest BCUT2D eigenvalue weighted by atomic mass is 32.1. The van der Waals surface area contributed by atoms with Crippen molar-refractivity contribution in [1.82, 2.24) is 19.6 Å². The summed E-state index contributed by atoms with van der Waals surface area (Å²) >= 11 is 5.63. The van der Waals surface area contributed by atoms with Crippen LogP contribution in [-0.4, -0.2) is 50.9 Å². The Balaban J connectivity index is 1.54. The molecule has 0 amide bonds. The quantitative estimate of drug-likeness (QED) is 0.855. The maximum absolute atomic E-state index is 5.63. The summed E-state index contributed by atoms with van der Waals surface area (Å²) in [5, 5.41) is 8.58. The molecule has 0 unspecified atom stereocenters. The van der Waals surface area contributed by atoms with Gasteiger partial charge in [0.1, 0.15) is 0 Å². The van der Waals surface area contributed by atoms with Gasteiger partial charge in [0.05, 0.1) is 6.20 Å². The Hall–Kier alpha value is -1.92. The van der Waals surface area contributed by atoms with Gasteiger partial charge in [-0.2, -0.15) is 5.10 Å². The molecule has 1 fully saturated rings. The molecule has 3 rings (SSSR count). The lowest BCUT2D eigenvalue weighted by atomic mass is 10.1. The van der Waals surface area contributed by atoms with Crippen molar-refractivity contribution in [2.45, 2.75) is 27.3 Å². The highest BCUT2D eigenvalue weighted by Gasteiger charge is 2.20. The highest BCUT2D eigenvalue weighted by molar-refractivity contribution is 7.80. The molecule has 5 nitrogen and oxygen atoms in total. The van der Waals surface area contributed by atoms with E-state index in [2.05, 4.69) is 59.2 Å². The van der Waals surface area contributed by atoms with Crippen molar-refractivity contribution in [1.29, 1.82) is 0 Å². The van der Waals surface area contributed by atoms with Crippen molar-refractivity contribution in [2.75, 3.05) is 31.5 Å². The number of aromatic nitrogens is 2. The monoisotopic (exact) mass is 357 g/mol. The number of hydrogen-bond donors (Lipinski definition) is 1. The second-order valence-corrected chi connectivity index (χ2v) is 7.21. The predicted molar refractivity (Wildman–Crippen MR) is 107 cm³/mol. The van der Waals surface area contributed by atoms with E-state index in [0.29, 0.717) is 0 Å². The van der Waals surface area contributed by atoms with E-state index >= 15 is 0 Å². The number of aryl methyl sites for hydroxylation is 2. The van der Waals surface area contributed by atoms with Crippen molar-refractivity contribution < 1.29 is 0 Å². The normalized spacial score (nSPS) is 15.4. The largest absolute Gasteiger partial charge is 0.346 e. The van der Waals surface area contributed by atoms with Crippen molar-refractivity contribution in [2.24, 2.45) is 7.05 Å². The molecular formula is C19H27N5S. The van der Waals surface area contributed by atoms with Crippen LogP contribution >= 0.6 is 12.2 Å². The molecule has 1 aliphatic rings. The van der Waals surface area contributed by atoms with E-state index in [1.54, 1.807) is 0 Å². The van der Waals surface area contributed by atoms with Crippen molar-refractivity contribution in [3.05, 3.63) is 46.8 Å². The Morgan fingerprint density at radius 3 is 2.52 bits per heavy atom. The van der Waals surface area contributed by atoms with E-state index < -0.39 is 0 Å². The third-order valence-corrected chi connectivity index (χ3v) is 5.60. The lowest BCUT2D eigenvalue weighted by Crippen LogP contribution is -2.49. The molecule has 6 heteroatoms. The maximum atomic E-state index is 5.63. The molecule has 1 N–H and O–H groups in total. The van der Waals surface area contributed by atoms with Crippen LogP contribution in [0.5, 0.6) is 0 Å². The molecule has 25 heavy (non-hydrogen) atoms. The van der Waals surface area contributed by atoms with Gasteiger partial charge in [0, 0.05) is 56.7 Å². The van der Waals surface area contributed by atoms with Gasteiger partial charge < -0.3 is 10.2 Å². The molecule has 0 bridgehead atoms. The molecule has 0 radical (unpaired) electrons. The van der Waals surface area contributed by atoms with Crippen molar-refractivity contribution >= 4 is 23.0 Å². The Morgan fingerprint density at radius 2 is 1.88 bits per heavy atom. The summed E-state index contributed by atoms with van der Waals surface area (Å²) in [6.45, 7) is 11.3. The maximum Gasteiger partial charge on any atom is 0.173 e. The third kappa shape index (κ3) is 4.02. The minimum absolute atomic E-state index is 0.825. The van der Waals surface area contributed by atoms with Crippen LogP contribution in [0.4, 0.5) is 5.69 Å². The highest BCUT2D eigenvalue weighted by Crippen LogP contribution is 2.19. The predicted octanol–water partition coefficient (Wildman–Crippen LogP) is 2.86. The molecule has 0 saturated carbocycles. The van der Waals surface area contributed by atoms with Crippen LogP contribution in [0.3, 0.4) is 0 Å². The fraction of sp³-hybridized carbons (Fsp3) is 0.474. The second kappa shape index (κ2) is 7.54. The molecule has 2 aromatic rings. The van der Waals surface area contributed by atoms with E-state index in [4.69, 9.17) is 12.2 Å². The minimum Gasteiger partial charge on any atom is -0.346 e. The molecule has 1 aromatic heterocycles. The number of rotatable bonds is 3. The van der Waals surface area contributed by atoms with E-state index in [-0.39, 0.29) is 0 Å². The number of piperazine rings is 1. The Morgan fingerprint density at radius 1 is 1.16 bits per heavy atom. The van der Waals surface area contributed by atoms with Crippen LogP contribution in [0.1, 0.15) is 22.4 Å². The molecule has 0 spiro atoms. The van der Waals surface area contributed by atoms with Gasteiger partial charge in [-0.3, -0.25) is 9.58 Å². The number of anilines is 1. The summed E-state index contributed by atoms with van der Waals surface area (Å²) in [5.74, 6) is 0. The smallest absolute Gasteiger partial charge is 0.173 e. The second-order valence-electron chi connectivity index (χ2n) is 6.82. The first-order chi connectivity index (χ1) is 12.0. The summed E-state index contributed by atoms with van der Waals surface area (Å²) in [6, 6.07) is 6.29. The van der Waals surface area contributed by atoms with E-state index in [0.717, 1.165) is 43.5 Å². The van der Waals surface area contributed by atoms with Crippen LogP contribution < -0.4 is 5.32 Å². The number of nitrogens with one attached hydrogen (secondary N) is 1. The SMILES string of the molecule is Cc1cccc(NC(=S)N2CCN(Cc3cnn(C)c3C)CC2)c1C. The van der Waals surface area contributed by atoms with Gasteiger partial charge in [0.2, 0.25) is 0 Å². The average Bonchev–Trinajstić information content (AvgIpc) is 2.91. The number of benzene rings is 1. The number of nitrogens with zero attached hydrogens (tertiary/aromatic N) is 4. The van der Waals surface area contributed by atoms with Gasteiger partial charge in [0.25, 0.3) is 0 Å². The van der Waals surface area contributed by atoms with Crippen molar-refractivity contribution in [3.8, 4) is 0 Å². The zero-order valence-corrected chi connectivity index (χ0v) is 16.4. The topological polar surface area (TPSA) is 36.3 Å². The van der Waals surface area contributed by atoms with Gasteiger partial charge in [-0.25, -0.2) is 0 Å². The van der Waals surface area contributed by atoms with Crippen molar-refractivity contribution in [3.63, 3.8) is 0 Å². The lowest BCUT2D eigenvalue weighted by Gasteiger charge is -2.36. The lowest BCUT2D eigenvalue weighted by molar-refractivity contribution is 0.176. The zero-order valence-electron chi connectivity index (χ0n) is 15.5. The van der Waals surface area contributed by atoms with Crippen LogP contribution in [0.2, 0.25) is 0 Å². The molecule has 2 heterocycles. The summed E-state index contributed by atoms with van der Waals surface area (Å²) < 4.78 is 1.94. The summed E-state index contributed by atoms with van der Waals surface area (Å²) in [7, 11) is 1.99. The molecule has 0 aliphatic carbocycles. The number of hydrogen-bond acceptors (Lipinski definition) is 3. The summed E-state index contributed by atoms with van der Waals surface area (Å²) in [4.78, 5) is 4.74. The fourth-order valence-corrected chi connectivity index (χ4v) is 3.42. The molecule has 1 aliphatic heterocycles. The Bertz CT molecular complexity index is 759.